The standard InChI is InChI=1S/C12H18ClN3/c1-5-6-9(4)14-11-7-10(13)15-12(16-11)8(2)3/h5,7-9H,1,6H2,2-4H3,(H,14,15,16). The second-order valence-electron chi connectivity index (χ2n) is 4.16. The van der Waals surface area contributed by atoms with Gasteiger partial charge in [0.25, 0.3) is 0 Å². The van der Waals surface area contributed by atoms with Crippen LogP contribution in [0.15, 0.2) is 18.7 Å². The van der Waals surface area contributed by atoms with Gasteiger partial charge in [-0.3, -0.25) is 0 Å². The van der Waals surface area contributed by atoms with Crippen molar-refractivity contribution < 1.29 is 0 Å². The lowest BCUT2D eigenvalue weighted by atomic mass is 10.2. The van der Waals surface area contributed by atoms with E-state index in [2.05, 4.69) is 28.8 Å². The first-order chi connectivity index (χ1) is 7.52. The first-order valence-electron chi connectivity index (χ1n) is 5.44. The van der Waals surface area contributed by atoms with E-state index in [0.717, 1.165) is 18.1 Å². The van der Waals surface area contributed by atoms with Crippen LogP contribution in [0, 0.1) is 0 Å². The van der Waals surface area contributed by atoms with E-state index < -0.39 is 0 Å². The number of halogens is 1. The van der Waals surface area contributed by atoms with Crippen molar-refractivity contribution in [2.24, 2.45) is 0 Å². The van der Waals surface area contributed by atoms with Crippen molar-refractivity contribution in [1.29, 1.82) is 0 Å². The summed E-state index contributed by atoms with van der Waals surface area (Å²) in [5.41, 5.74) is 0. The van der Waals surface area contributed by atoms with Crippen LogP contribution >= 0.6 is 11.6 Å². The molecular formula is C12H18ClN3. The maximum absolute atomic E-state index is 5.94. The molecule has 1 N–H and O–H groups in total. The molecule has 0 fully saturated rings. The van der Waals surface area contributed by atoms with Gasteiger partial charge in [-0.2, -0.15) is 0 Å². The van der Waals surface area contributed by atoms with Gasteiger partial charge in [0, 0.05) is 18.0 Å². The van der Waals surface area contributed by atoms with Crippen molar-refractivity contribution in [2.45, 2.75) is 39.2 Å². The molecule has 0 amide bonds. The molecule has 1 atom stereocenters. The van der Waals surface area contributed by atoms with Gasteiger partial charge >= 0.3 is 0 Å². The smallest absolute Gasteiger partial charge is 0.135 e. The average molecular weight is 240 g/mol. The molecule has 3 nitrogen and oxygen atoms in total. The molecule has 0 radical (unpaired) electrons. The van der Waals surface area contributed by atoms with Crippen molar-refractivity contribution in [3.63, 3.8) is 0 Å². The van der Waals surface area contributed by atoms with Crippen LogP contribution in [0.1, 0.15) is 38.9 Å². The zero-order chi connectivity index (χ0) is 12.1. The van der Waals surface area contributed by atoms with Gasteiger partial charge in [0.2, 0.25) is 0 Å². The van der Waals surface area contributed by atoms with E-state index in [4.69, 9.17) is 11.6 Å². The minimum atomic E-state index is 0.272. The molecule has 0 bridgehead atoms. The summed E-state index contributed by atoms with van der Waals surface area (Å²) in [7, 11) is 0. The summed E-state index contributed by atoms with van der Waals surface area (Å²) in [5.74, 6) is 1.81. The third kappa shape index (κ3) is 3.81. The molecule has 1 unspecified atom stereocenters. The lowest BCUT2D eigenvalue weighted by Gasteiger charge is -2.14. The van der Waals surface area contributed by atoms with E-state index >= 15 is 0 Å². The van der Waals surface area contributed by atoms with Crippen LogP contribution in [-0.2, 0) is 0 Å². The number of hydrogen-bond donors (Lipinski definition) is 1. The largest absolute Gasteiger partial charge is 0.367 e. The van der Waals surface area contributed by atoms with Crippen LogP contribution in [-0.4, -0.2) is 16.0 Å². The molecule has 1 aromatic heterocycles. The van der Waals surface area contributed by atoms with Gasteiger partial charge in [-0.15, -0.1) is 6.58 Å². The Morgan fingerprint density at radius 1 is 1.44 bits per heavy atom. The SMILES string of the molecule is C=CCC(C)Nc1cc(Cl)nc(C(C)C)n1. The number of hydrogen-bond acceptors (Lipinski definition) is 3. The second kappa shape index (κ2) is 5.85. The van der Waals surface area contributed by atoms with Crippen molar-refractivity contribution >= 4 is 17.4 Å². The molecule has 1 rings (SSSR count). The Hall–Kier alpha value is -1.09. The Bertz CT molecular complexity index is 363. The highest BCUT2D eigenvalue weighted by Gasteiger charge is 2.08. The zero-order valence-electron chi connectivity index (χ0n) is 10.00. The van der Waals surface area contributed by atoms with Crippen molar-refractivity contribution in [3.8, 4) is 0 Å². The number of anilines is 1. The van der Waals surface area contributed by atoms with Crippen LogP contribution in [0.2, 0.25) is 5.15 Å². The van der Waals surface area contributed by atoms with Crippen molar-refractivity contribution in [3.05, 3.63) is 29.7 Å². The van der Waals surface area contributed by atoms with Gasteiger partial charge < -0.3 is 5.32 Å². The molecule has 0 saturated heterocycles. The molecule has 0 aliphatic rings. The fraction of sp³-hybridized carbons (Fsp3) is 0.500. The molecule has 0 aromatic carbocycles. The van der Waals surface area contributed by atoms with E-state index in [9.17, 15) is 0 Å². The predicted molar refractivity (Wildman–Crippen MR) is 69.0 cm³/mol. The Labute approximate surface area is 102 Å². The summed E-state index contributed by atoms with van der Waals surface area (Å²) in [5, 5.41) is 3.75. The Morgan fingerprint density at radius 2 is 2.12 bits per heavy atom. The quantitative estimate of drug-likeness (QED) is 0.630. The van der Waals surface area contributed by atoms with Gasteiger partial charge in [0.1, 0.15) is 16.8 Å². The van der Waals surface area contributed by atoms with Gasteiger partial charge in [-0.25, -0.2) is 9.97 Å². The molecule has 0 aliphatic heterocycles. The minimum Gasteiger partial charge on any atom is -0.367 e. The van der Waals surface area contributed by atoms with Gasteiger partial charge in [0.05, 0.1) is 0 Å². The number of nitrogens with one attached hydrogen (secondary N) is 1. The molecular weight excluding hydrogens is 222 g/mol. The molecule has 88 valence electrons. The summed E-state index contributed by atoms with van der Waals surface area (Å²) in [6, 6.07) is 2.04. The average Bonchev–Trinajstić information content (AvgIpc) is 2.16. The summed E-state index contributed by atoms with van der Waals surface area (Å²) >= 11 is 5.94. The number of nitrogens with zero attached hydrogens (tertiary/aromatic N) is 2. The van der Waals surface area contributed by atoms with E-state index in [0.29, 0.717) is 11.2 Å². The fourth-order valence-corrected chi connectivity index (χ4v) is 1.52. The second-order valence-corrected chi connectivity index (χ2v) is 4.55. The van der Waals surface area contributed by atoms with Crippen LogP contribution < -0.4 is 5.32 Å². The van der Waals surface area contributed by atoms with Crippen LogP contribution in [0.25, 0.3) is 0 Å². The summed E-state index contributed by atoms with van der Waals surface area (Å²) in [6.45, 7) is 9.87. The molecule has 4 heteroatoms. The molecule has 0 saturated carbocycles. The predicted octanol–water partition coefficient (Wildman–Crippen LogP) is 3.63. The topological polar surface area (TPSA) is 37.8 Å². The third-order valence-electron chi connectivity index (χ3n) is 2.14. The fourth-order valence-electron chi connectivity index (χ4n) is 1.33. The van der Waals surface area contributed by atoms with E-state index in [-0.39, 0.29) is 5.92 Å². The van der Waals surface area contributed by atoms with Crippen molar-refractivity contribution in [1.82, 2.24) is 9.97 Å². The Balaban J connectivity index is 2.83. The minimum absolute atomic E-state index is 0.272. The summed E-state index contributed by atoms with van der Waals surface area (Å²) in [4.78, 5) is 8.60. The molecule has 1 heterocycles. The normalized spacial score (nSPS) is 12.6. The van der Waals surface area contributed by atoms with E-state index in [1.54, 1.807) is 6.07 Å². The Morgan fingerprint density at radius 3 is 2.69 bits per heavy atom. The molecule has 16 heavy (non-hydrogen) atoms. The molecule has 1 aromatic rings. The maximum atomic E-state index is 5.94. The van der Waals surface area contributed by atoms with Crippen LogP contribution in [0.3, 0.4) is 0 Å². The lowest BCUT2D eigenvalue weighted by Crippen LogP contribution is -2.16. The van der Waals surface area contributed by atoms with Gasteiger partial charge in [-0.1, -0.05) is 31.5 Å². The lowest BCUT2D eigenvalue weighted by molar-refractivity contribution is 0.760. The highest BCUT2D eigenvalue weighted by Crippen LogP contribution is 2.17. The van der Waals surface area contributed by atoms with E-state index in [1.807, 2.05) is 19.9 Å². The maximum Gasteiger partial charge on any atom is 0.135 e. The summed E-state index contributed by atoms with van der Waals surface area (Å²) < 4.78 is 0. The van der Waals surface area contributed by atoms with Crippen LogP contribution in [0.4, 0.5) is 5.82 Å². The monoisotopic (exact) mass is 239 g/mol. The number of aromatic nitrogens is 2. The first kappa shape index (κ1) is 13.0. The van der Waals surface area contributed by atoms with Gasteiger partial charge in [-0.05, 0) is 13.3 Å². The van der Waals surface area contributed by atoms with E-state index in [1.165, 1.54) is 0 Å². The molecule has 0 aliphatic carbocycles. The van der Waals surface area contributed by atoms with Crippen molar-refractivity contribution in [2.75, 3.05) is 5.32 Å². The number of rotatable bonds is 5. The van der Waals surface area contributed by atoms with Crippen LogP contribution in [0.5, 0.6) is 0 Å². The molecule has 0 spiro atoms. The summed E-state index contributed by atoms with van der Waals surface area (Å²) in [6.07, 6.45) is 2.77. The first-order valence-corrected chi connectivity index (χ1v) is 5.82. The van der Waals surface area contributed by atoms with Gasteiger partial charge in [0.15, 0.2) is 0 Å². The zero-order valence-corrected chi connectivity index (χ0v) is 10.8. The highest BCUT2D eigenvalue weighted by atomic mass is 35.5. The Kier molecular flexibility index (Phi) is 4.74. The third-order valence-corrected chi connectivity index (χ3v) is 2.34. The highest BCUT2D eigenvalue weighted by molar-refractivity contribution is 6.29.